The van der Waals surface area contributed by atoms with E-state index in [1.54, 1.807) is 6.92 Å². The highest BCUT2D eigenvalue weighted by molar-refractivity contribution is 6.30. The van der Waals surface area contributed by atoms with Gasteiger partial charge in [0.15, 0.2) is 0 Å². The van der Waals surface area contributed by atoms with Crippen molar-refractivity contribution >= 4 is 11.6 Å². The predicted octanol–water partition coefficient (Wildman–Crippen LogP) is 3.52. The van der Waals surface area contributed by atoms with Crippen molar-refractivity contribution in [3.05, 3.63) is 41.1 Å². The lowest BCUT2D eigenvalue weighted by Gasteiger charge is -2.13. The maximum atomic E-state index is 12.9. The molecule has 0 aromatic carbocycles. The second kappa shape index (κ2) is 4.53. The van der Waals surface area contributed by atoms with Crippen LogP contribution in [0, 0.1) is 6.92 Å². The van der Waals surface area contributed by atoms with Crippen molar-refractivity contribution in [3.8, 4) is 11.3 Å². The number of alkyl halides is 3. The van der Waals surface area contributed by atoms with Crippen molar-refractivity contribution in [2.24, 2.45) is 0 Å². The van der Waals surface area contributed by atoms with Gasteiger partial charge >= 0.3 is 6.18 Å². The van der Waals surface area contributed by atoms with Crippen LogP contribution in [0.3, 0.4) is 0 Å². The zero-order valence-electron chi connectivity index (χ0n) is 9.16. The highest BCUT2D eigenvalue weighted by atomic mass is 35.5. The van der Waals surface area contributed by atoms with E-state index in [4.69, 9.17) is 11.6 Å². The third-order valence-corrected chi connectivity index (χ3v) is 2.79. The molecule has 0 aliphatic heterocycles. The number of aromatic nitrogens is 3. The topological polar surface area (TPSA) is 38.7 Å². The summed E-state index contributed by atoms with van der Waals surface area (Å²) in [5.41, 5.74) is -0.379. The summed E-state index contributed by atoms with van der Waals surface area (Å²) >= 11 is 5.78. The first-order valence-corrected chi connectivity index (χ1v) is 5.27. The van der Waals surface area contributed by atoms with Crippen molar-refractivity contribution in [2.45, 2.75) is 13.1 Å². The van der Waals surface area contributed by atoms with E-state index in [2.05, 4.69) is 15.0 Å². The molecule has 0 saturated heterocycles. The lowest BCUT2D eigenvalue weighted by Crippen LogP contribution is -2.08. The van der Waals surface area contributed by atoms with Crippen molar-refractivity contribution in [3.63, 3.8) is 0 Å². The standard InChI is InChI=1S/C11H7ClF3N3/c1-6-9(17-5-18-10(6)12)7-4-16-3-2-8(7)11(13,14)15/h2-5H,1H3. The molecule has 0 saturated carbocycles. The van der Waals surface area contributed by atoms with Crippen LogP contribution in [0.15, 0.2) is 24.8 Å². The van der Waals surface area contributed by atoms with Crippen LogP contribution in [0.2, 0.25) is 5.15 Å². The van der Waals surface area contributed by atoms with Crippen LogP contribution >= 0.6 is 11.6 Å². The molecule has 0 aliphatic carbocycles. The summed E-state index contributed by atoms with van der Waals surface area (Å²) in [6.45, 7) is 1.56. The Balaban J connectivity index is 2.69. The summed E-state index contributed by atoms with van der Waals surface area (Å²) in [6.07, 6.45) is -1.14. The zero-order chi connectivity index (χ0) is 13.3. The van der Waals surface area contributed by atoms with Gasteiger partial charge in [-0.2, -0.15) is 13.2 Å². The number of pyridine rings is 1. The molecule has 0 bridgehead atoms. The largest absolute Gasteiger partial charge is 0.417 e. The van der Waals surface area contributed by atoms with Crippen LogP contribution in [-0.2, 0) is 6.18 Å². The molecule has 0 aliphatic rings. The number of hydrogen-bond donors (Lipinski definition) is 0. The van der Waals surface area contributed by atoms with Gasteiger partial charge in [0.2, 0.25) is 0 Å². The third-order valence-electron chi connectivity index (χ3n) is 2.40. The average Bonchev–Trinajstić information content (AvgIpc) is 2.32. The SMILES string of the molecule is Cc1c(Cl)ncnc1-c1cnccc1C(F)(F)F. The summed E-state index contributed by atoms with van der Waals surface area (Å²) in [4.78, 5) is 11.3. The van der Waals surface area contributed by atoms with Crippen LogP contribution in [0.1, 0.15) is 11.1 Å². The molecule has 0 N–H and O–H groups in total. The number of hydrogen-bond acceptors (Lipinski definition) is 3. The Morgan fingerprint density at radius 1 is 1.22 bits per heavy atom. The van der Waals surface area contributed by atoms with Gasteiger partial charge in [-0.25, -0.2) is 9.97 Å². The van der Waals surface area contributed by atoms with Crippen LogP contribution < -0.4 is 0 Å². The van der Waals surface area contributed by atoms with Crippen molar-refractivity contribution in [1.29, 1.82) is 0 Å². The van der Waals surface area contributed by atoms with Crippen molar-refractivity contribution in [2.75, 3.05) is 0 Å². The Morgan fingerprint density at radius 3 is 2.61 bits per heavy atom. The molecule has 2 rings (SSSR count). The Morgan fingerprint density at radius 2 is 1.94 bits per heavy atom. The van der Waals surface area contributed by atoms with E-state index < -0.39 is 11.7 Å². The van der Waals surface area contributed by atoms with E-state index in [1.807, 2.05) is 0 Å². The Bertz CT molecular complexity index is 584. The fraction of sp³-hybridized carbons (Fsp3) is 0.182. The molecular formula is C11H7ClF3N3. The molecule has 0 spiro atoms. The van der Waals surface area contributed by atoms with Gasteiger partial charge in [0.05, 0.1) is 11.3 Å². The molecule has 2 aromatic heterocycles. The van der Waals surface area contributed by atoms with Crippen LogP contribution in [0.5, 0.6) is 0 Å². The molecule has 0 radical (unpaired) electrons. The van der Waals surface area contributed by atoms with Crippen molar-refractivity contribution < 1.29 is 13.2 Å². The van der Waals surface area contributed by atoms with Crippen LogP contribution in [-0.4, -0.2) is 15.0 Å². The summed E-state index contributed by atoms with van der Waals surface area (Å²) in [6, 6.07) is 0.908. The molecular weight excluding hydrogens is 267 g/mol. The monoisotopic (exact) mass is 273 g/mol. The molecule has 0 fully saturated rings. The summed E-state index contributed by atoms with van der Waals surface area (Å²) in [7, 11) is 0. The van der Waals surface area contributed by atoms with E-state index >= 15 is 0 Å². The van der Waals surface area contributed by atoms with E-state index in [-0.39, 0.29) is 16.4 Å². The molecule has 2 heterocycles. The van der Waals surface area contributed by atoms with E-state index in [0.29, 0.717) is 5.56 Å². The lowest BCUT2D eigenvalue weighted by atomic mass is 10.0. The third kappa shape index (κ3) is 2.28. The smallest absolute Gasteiger partial charge is 0.264 e. The minimum Gasteiger partial charge on any atom is -0.264 e. The molecule has 94 valence electrons. The molecule has 2 aromatic rings. The first kappa shape index (κ1) is 12.8. The van der Waals surface area contributed by atoms with Crippen LogP contribution in [0.25, 0.3) is 11.3 Å². The Kier molecular flexibility index (Phi) is 3.21. The highest BCUT2D eigenvalue weighted by Crippen LogP contribution is 2.37. The van der Waals surface area contributed by atoms with Gasteiger partial charge < -0.3 is 0 Å². The van der Waals surface area contributed by atoms with Gasteiger partial charge in [0.1, 0.15) is 11.5 Å². The Labute approximate surface area is 106 Å². The molecule has 7 heteroatoms. The maximum absolute atomic E-state index is 12.9. The second-order valence-corrected chi connectivity index (χ2v) is 3.92. The molecule has 0 unspecified atom stereocenters. The van der Waals surface area contributed by atoms with E-state index in [0.717, 1.165) is 24.8 Å². The van der Waals surface area contributed by atoms with Gasteiger partial charge in [0, 0.05) is 23.5 Å². The summed E-state index contributed by atoms with van der Waals surface area (Å²) in [5.74, 6) is 0. The van der Waals surface area contributed by atoms with E-state index in [1.165, 1.54) is 0 Å². The van der Waals surface area contributed by atoms with Crippen LogP contribution in [0.4, 0.5) is 13.2 Å². The maximum Gasteiger partial charge on any atom is 0.417 e. The quantitative estimate of drug-likeness (QED) is 0.746. The number of halogens is 4. The predicted molar refractivity (Wildman–Crippen MR) is 60.0 cm³/mol. The normalized spacial score (nSPS) is 11.6. The Hall–Kier alpha value is -1.69. The second-order valence-electron chi connectivity index (χ2n) is 3.56. The van der Waals surface area contributed by atoms with Gasteiger partial charge in [-0.05, 0) is 13.0 Å². The van der Waals surface area contributed by atoms with Gasteiger partial charge in [0.25, 0.3) is 0 Å². The van der Waals surface area contributed by atoms with Gasteiger partial charge in [-0.3, -0.25) is 4.98 Å². The zero-order valence-corrected chi connectivity index (χ0v) is 9.92. The first-order valence-electron chi connectivity index (χ1n) is 4.90. The number of rotatable bonds is 1. The van der Waals surface area contributed by atoms with E-state index in [9.17, 15) is 13.2 Å². The molecule has 18 heavy (non-hydrogen) atoms. The molecule has 0 amide bonds. The number of nitrogens with zero attached hydrogens (tertiary/aromatic N) is 3. The molecule has 0 atom stereocenters. The summed E-state index contributed by atoms with van der Waals surface area (Å²) < 4.78 is 38.6. The molecule has 3 nitrogen and oxygen atoms in total. The summed E-state index contributed by atoms with van der Waals surface area (Å²) in [5, 5.41) is 0.122. The fourth-order valence-corrected chi connectivity index (χ4v) is 1.66. The lowest BCUT2D eigenvalue weighted by molar-refractivity contribution is -0.137. The fourth-order valence-electron chi connectivity index (χ4n) is 1.53. The average molecular weight is 274 g/mol. The van der Waals surface area contributed by atoms with Gasteiger partial charge in [-0.1, -0.05) is 11.6 Å². The first-order chi connectivity index (χ1) is 8.41. The minimum atomic E-state index is -4.47. The van der Waals surface area contributed by atoms with Gasteiger partial charge in [-0.15, -0.1) is 0 Å². The van der Waals surface area contributed by atoms with Crippen molar-refractivity contribution in [1.82, 2.24) is 15.0 Å². The minimum absolute atomic E-state index is 0.105. The highest BCUT2D eigenvalue weighted by Gasteiger charge is 2.34.